The van der Waals surface area contributed by atoms with Crippen LogP contribution < -0.4 is 0 Å². The molecule has 3 aliphatic heterocycles. The molecule has 1 radical (unpaired) electrons. The van der Waals surface area contributed by atoms with Gasteiger partial charge in [-0.15, -0.1) is 11.8 Å². The number of hydrogen-bond acceptors (Lipinski definition) is 9. The molecule has 3 heterocycles. The van der Waals surface area contributed by atoms with Crippen molar-refractivity contribution in [3.8, 4) is 0 Å². The number of rotatable bonds is 9. The van der Waals surface area contributed by atoms with Crippen LogP contribution in [0.4, 0.5) is 0 Å². The van der Waals surface area contributed by atoms with Crippen LogP contribution in [0.2, 0.25) is 0 Å². The minimum Gasteiger partial charge on any atom is -0.481 e. The largest absolute Gasteiger partial charge is 0.481 e. The van der Waals surface area contributed by atoms with Crippen LogP contribution in [0, 0.1) is 35.6 Å². The molecule has 11 heteroatoms. The second-order valence-electron chi connectivity index (χ2n) is 5.37. The van der Waals surface area contributed by atoms with Gasteiger partial charge in [0.25, 0.3) is 0 Å². The van der Waals surface area contributed by atoms with Crippen molar-refractivity contribution in [2.45, 2.75) is 15.7 Å². The Balaban J connectivity index is 0.000000355. The van der Waals surface area contributed by atoms with Crippen molar-refractivity contribution in [1.29, 1.82) is 0 Å². The standard InChI is InChI=1S/C5H8O2S2.2C5H10OS2.La/c6-5(7)3-9-4-1-8-2-4;2*6-1-2-8-5-3-7-4-5;/h4H,1-3H2,(H,6,7);2*5-6H,1-4H2;. The van der Waals surface area contributed by atoms with Gasteiger partial charge in [-0.2, -0.15) is 58.8 Å². The summed E-state index contributed by atoms with van der Waals surface area (Å²) in [7, 11) is 0. The summed E-state index contributed by atoms with van der Waals surface area (Å²) in [6, 6.07) is 0. The molecule has 0 atom stereocenters. The average molecular weight is 604 g/mol. The number of aliphatic hydroxyl groups is 2. The Hall–Kier alpha value is 2.68. The van der Waals surface area contributed by atoms with Crippen molar-refractivity contribution in [3.05, 3.63) is 0 Å². The summed E-state index contributed by atoms with van der Waals surface area (Å²) in [6.45, 7) is 0.678. The fraction of sp³-hybridized carbons (Fsp3) is 0.933. The maximum absolute atomic E-state index is 10.0. The molecule has 3 saturated heterocycles. The van der Waals surface area contributed by atoms with Gasteiger partial charge in [0.15, 0.2) is 0 Å². The first kappa shape index (κ1) is 28.7. The van der Waals surface area contributed by atoms with Crippen molar-refractivity contribution < 1.29 is 55.7 Å². The Kier molecular flexibility index (Phi) is 21.7. The second kappa shape index (κ2) is 19.6. The molecule has 0 bridgehead atoms. The molecule has 3 fully saturated rings. The molecule has 3 rings (SSSR count). The van der Waals surface area contributed by atoms with Crippen molar-refractivity contribution in [3.63, 3.8) is 0 Å². The first-order valence-corrected chi connectivity index (χ1v) is 14.8. The first-order valence-electron chi connectivity index (χ1n) is 8.17. The third kappa shape index (κ3) is 15.5. The molecule has 3 aliphatic rings. The van der Waals surface area contributed by atoms with E-state index in [9.17, 15) is 4.79 Å². The molecule has 0 amide bonds. The van der Waals surface area contributed by atoms with E-state index in [1.807, 2.05) is 58.8 Å². The normalized spacial score (nSPS) is 19.3. The number of aliphatic carboxylic acids is 1. The molecule has 26 heavy (non-hydrogen) atoms. The molecule has 4 nitrogen and oxygen atoms in total. The van der Waals surface area contributed by atoms with Gasteiger partial charge in [0, 0.05) is 97.4 Å². The van der Waals surface area contributed by atoms with E-state index in [1.165, 1.54) is 23.0 Å². The van der Waals surface area contributed by atoms with Crippen LogP contribution in [0.3, 0.4) is 0 Å². The van der Waals surface area contributed by atoms with Crippen LogP contribution in [0.1, 0.15) is 0 Å². The van der Waals surface area contributed by atoms with Crippen LogP contribution in [0.15, 0.2) is 0 Å². The second-order valence-corrected chi connectivity index (χ2v) is 12.7. The summed E-state index contributed by atoms with van der Waals surface area (Å²) < 4.78 is 0. The zero-order valence-corrected chi connectivity index (χ0v) is 23.3. The predicted molar refractivity (Wildman–Crippen MR) is 123 cm³/mol. The first-order chi connectivity index (χ1) is 12.2. The zero-order chi connectivity index (χ0) is 18.3. The molecule has 0 unspecified atom stereocenters. The van der Waals surface area contributed by atoms with Crippen LogP contribution >= 0.6 is 70.6 Å². The maximum Gasteiger partial charge on any atom is 0.313 e. The van der Waals surface area contributed by atoms with Gasteiger partial charge in [0.1, 0.15) is 0 Å². The molecule has 0 saturated carbocycles. The number of hydrogen-bond donors (Lipinski definition) is 3. The Bertz CT molecular complexity index is 326. The quantitative estimate of drug-likeness (QED) is 0.366. The Morgan fingerprint density at radius 2 is 1.12 bits per heavy atom. The third-order valence-electron chi connectivity index (χ3n) is 3.15. The number of carboxylic acids is 1. The van der Waals surface area contributed by atoms with Crippen molar-refractivity contribution in [2.24, 2.45) is 0 Å². The van der Waals surface area contributed by atoms with Crippen LogP contribution in [-0.4, -0.2) is 102 Å². The maximum atomic E-state index is 10.0. The number of thioether (sulfide) groups is 6. The van der Waals surface area contributed by atoms with Crippen LogP contribution in [0.25, 0.3) is 0 Å². The predicted octanol–water partition coefficient (Wildman–Crippen LogP) is 2.57. The Morgan fingerprint density at radius 1 is 0.769 bits per heavy atom. The van der Waals surface area contributed by atoms with Gasteiger partial charge in [-0.3, -0.25) is 4.79 Å². The molecule has 0 aliphatic carbocycles. The smallest absolute Gasteiger partial charge is 0.313 e. The van der Waals surface area contributed by atoms with Gasteiger partial charge >= 0.3 is 5.97 Å². The van der Waals surface area contributed by atoms with Gasteiger partial charge in [0.05, 0.1) is 19.0 Å². The molecule has 0 spiro atoms. The molecular weight excluding hydrogens is 575 g/mol. The summed E-state index contributed by atoms with van der Waals surface area (Å²) in [5.41, 5.74) is 0. The topological polar surface area (TPSA) is 77.8 Å². The fourth-order valence-electron chi connectivity index (χ4n) is 1.56. The van der Waals surface area contributed by atoms with Crippen molar-refractivity contribution >= 4 is 76.5 Å². The number of aliphatic hydroxyl groups excluding tert-OH is 2. The summed E-state index contributed by atoms with van der Waals surface area (Å²) >= 11 is 11.2. The SMILES string of the molecule is O=C(O)CSC1CSC1.OCCSC1CSC1.OCCSC1CSC1.[La]. The van der Waals surface area contributed by atoms with Crippen molar-refractivity contribution in [2.75, 3.05) is 65.0 Å². The average Bonchev–Trinajstić information content (AvgIpc) is 2.44. The van der Waals surface area contributed by atoms with Gasteiger partial charge in [0.2, 0.25) is 0 Å². The van der Waals surface area contributed by atoms with Gasteiger partial charge in [-0.05, 0) is 0 Å². The summed E-state index contributed by atoms with van der Waals surface area (Å²) in [6.07, 6.45) is 0. The summed E-state index contributed by atoms with van der Waals surface area (Å²) in [5, 5.41) is 27.4. The van der Waals surface area contributed by atoms with E-state index >= 15 is 0 Å². The Morgan fingerprint density at radius 3 is 1.35 bits per heavy atom. The minimum atomic E-state index is -0.697. The molecule has 151 valence electrons. The van der Waals surface area contributed by atoms with E-state index in [2.05, 4.69) is 0 Å². The zero-order valence-electron chi connectivity index (χ0n) is 14.8. The molecule has 0 aromatic heterocycles. The number of carboxylic acid groups (broad SMARTS) is 1. The molecular formula is C15H28LaO4S6. The van der Waals surface area contributed by atoms with E-state index in [0.29, 0.717) is 18.5 Å². The number of carbonyl (C=O) groups is 1. The monoisotopic (exact) mass is 603 g/mol. The molecule has 3 N–H and O–H groups in total. The van der Waals surface area contributed by atoms with Crippen LogP contribution in [0.5, 0.6) is 0 Å². The van der Waals surface area contributed by atoms with Gasteiger partial charge in [-0.1, -0.05) is 0 Å². The molecule has 0 aromatic carbocycles. The minimum absolute atomic E-state index is 0. The molecule has 0 aromatic rings. The van der Waals surface area contributed by atoms with E-state index in [1.54, 1.807) is 11.8 Å². The fourth-order valence-corrected chi connectivity index (χ4v) is 8.14. The van der Waals surface area contributed by atoms with Gasteiger partial charge < -0.3 is 15.3 Å². The van der Waals surface area contributed by atoms with E-state index in [-0.39, 0.29) is 41.4 Å². The van der Waals surface area contributed by atoms with E-state index in [0.717, 1.165) is 33.5 Å². The van der Waals surface area contributed by atoms with Gasteiger partial charge in [-0.25, -0.2) is 0 Å². The van der Waals surface area contributed by atoms with E-state index < -0.39 is 5.97 Å². The summed E-state index contributed by atoms with van der Waals surface area (Å²) in [4.78, 5) is 10.0. The van der Waals surface area contributed by atoms with Crippen LogP contribution in [-0.2, 0) is 4.79 Å². The third-order valence-corrected chi connectivity index (χ3v) is 11.9. The summed E-state index contributed by atoms with van der Waals surface area (Å²) in [5.74, 6) is 8.87. The van der Waals surface area contributed by atoms with E-state index in [4.69, 9.17) is 15.3 Å². The Labute approximate surface area is 210 Å². The van der Waals surface area contributed by atoms with Crippen molar-refractivity contribution in [1.82, 2.24) is 0 Å².